The van der Waals surface area contributed by atoms with E-state index in [1.807, 2.05) is 6.92 Å². The number of rotatable bonds is 8. The van der Waals surface area contributed by atoms with Gasteiger partial charge in [0.2, 0.25) is 0 Å². The lowest BCUT2D eigenvalue weighted by Crippen LogP contribution is -2.48. The summed E-state index contributed by atoms with van der Waals surface area (Å²) in [5.41, 5.74) is 1.11. The highest BCUT2D eigenvalue weighted by Gasteiger charge is 2.27. The van der Waals surface area contributed by atoms with E-state index >= 15 is 0 Å². The largest absolute Gasteiger partial charge is 0.383 e. The Hall–Kier alpha value is -2.72. The summed E-state index contributed by atoms with van der Waals surface area (Å²) in [6, 6.07) is 3.24. The number of hydrogen-bond acceptors (Lipinski definition) is 8. The molecule has 2 aliphatic heterocycles. The highest BCUT2D eigenvalue weighted by Crippen LogP contribution is 2.21. The molecule has 32 heavy (non-hydrogen) atoms. The second-order valence-corrected chi connectivity index (χ2v) is 8.55. The van der Waals surface area contributed by atoms with Crippen LogP contribution < -0.4 is 15.8 Å². The molecular formula is C22H32N6O4. The molecule has 0 spiro atoms. The molecule has 1 unspecified atom stereocenters. The van der Waals surface area contributed by atoms with Crippen molar-refractivity contribution in [1.29, 1.82) is 0 Å². The van der Waals surface area contributed by atoms with Gasteiger partial charge in [-0.1, -0.05) is 5.16 Å². The third-order valence-electron chi connectivity index (χ3n) is 6.22. The van der Waals surface area contributed by atoms with Crippen molar-refractivity contribution in [2.24, 2.45) is 0 Å². The standard InChI is InChI=1S/C22H32N6O4/c1-16-18(15-26-9-3-4-10-26)21(25-32-16)22(30)23-17-6-5-11-27(14-17)19-7-8-20(29)28(24-19)12-13-31-2/h7-8,17H,3-6,9-15H2,1-2H3,(H,23,30). The number of methoxy groups -OCH3 is 1. The van der Waals surface area contributed by atoms with Crippen LogP contribution in [-0.4, -0.2) is 71.7 Å². The molecule has 2 fully saturated rings. The average molecular weight is 445 g/mol. The summed E-state index contributed by atoms with van der Waals surface area (Å²) in [5, 5.41) is 11.7. The first kappa shape index (κ1) is 22.5. The van der Waals surface area contributed by atoms with Crippen LogP contribution in [0.5, 0.6) is 0 Å². The Balaban J connectivity index is 1.41. The van der Waals surface area contributed by atoms with Crippen LogP contribution in [0.3, 0.4) is 0 Å². The molecule has 2 aromatic heterocycles. The van der Waals surface area contributed by atoms with Crippen molar-refractivity contribution in [2.75, 3.05) is 44.8 Å². The second-order valence-electron chi connectivity index (χ2n) is 8.55. The van der Waals surface area contributed by atoms with Crippen LogP contribution in [0.4, 0.5) is 5.82 Å². The Kier molecular flexibility index (Phi) is 7.21. The fourth-order valence-corrected chi connectivity index (χ4v) is 4.42. The molecule has 0 radical (unpaired) electrons. The van der Waals surface area contributed by atoms with Crippen LogP contribution >= 0.6 is 0 Å². The number of amides is 1. The highest BCUT2D eigenvalue weighted by atomic mass is 16.5. The van der Waals surface area contributed by atoms with Crippen LogP contribution in [0.2, 0.25) is 0 Å². The zero-order chi connectivity index (χ0) is 22.5. The first-order chi connectivity index (χ1) is 15.5. The Bertz CT molecular complexity index is 981. The summed E-state index contributed by atoms with van der Waals surface area (Å²) in [6.07, 6.45) is 4.18. The van der Waals surface area contributed by atoms with E-state index in [9.17, 15) is 9.59 Å². The van der Waals surface area contributed by atoms with Gasteiger partial charge in [0, 0.05) is 44.4 Å². The quantitative estimate of drug-likeness (QED) is 0.647. The van der Waals surface area contributed by atoms with E-state index < -0.39 is 0 Å². The van der Waals surface area contributed by atoms with Crippen molar-refractivity contribution in [3.8, 4) is 0 Å². The number of hydrogen-bond donors (Lipinski definition) is 1. The molecule has 0 saturated carbocycles. The average Bonchev–Trinajstić information content (AvgIpc) is 3.44. The molecule has 1 atom stereocenters. The number of likely N-dealkylation sites (tertiary alicyclic amines) is 1. The number of piperidine rings is 1. The zero-order valence-corrected chi connectivity index (χ0v) is 18.9. The molecule has 2 saturated heterocycles. The number of nitrogens with one attached hydrogen (secondary N) is 1. The molecule has 0 aliphatic carbocycles. The van der Waals surface area contributed by atoms with Crippen molar-refractivity contribution in [3.05, 3.63) is 39.5 Å². The van der Waals surface area contributed by atoms with Gasteiger partial charge in [0.1, 0.15) is 11.6 Å². The van der Waals surface area contributed by atoms with Gasteiger partial charge < -0.3 is 19.5 Å². The second kappa shape index (κ2) is 10.3. The van der Waals surface area contributed by atoms with E-state index in [2.05, 4.69) is 25.4 Å². The summed E-state index contributed by atoms with van der Waals surface area (Å²) < 4.78 is 11.8. The minimum absolute atomic E-state index is 0.0333. The minimum Gasteiger partial charge on any atom is -0.383 e. The highest BCUT2D eigenvalue weighted by molar-refractivity contribution is 5.94. The Morgan fingerprint density at radius 1 is 1.25 bits per heavy atom. The Morgan fingerprint density at radius 2 is 2.06 bits per heavy atom. The summed E-state index contributed by atoms with van der Waals surface area (Å²) >= 11 is 0. The topological polar surface area (TPSA) is 106 Å². The number of nitrogens with zero attached hydrogens (tertiary/aromatic N) is 5. The number of carbonyl (C=O) groups excluding carboxylic acids is 1. The fourth-order valence-electron chi connectivity index (χ4n) is 4.42. The SMILES string of the molecule is COCCn1nc(N2CCCC(NC(=O)c3noc(C)c3CN3CCCC3)C2)ccc1=O. The summed E-state index contributed by atoms with van der Waals surface area (Å²) in [6.45, 7) is 6.92. The van der Waals surface area contributed by atoms with E-state index in [0.29, 0.717) is 37.7 Å². The van der Waals surface area contributed by atoms with Gasteiger partial charge in [-0.25, -0.2) is 4.68 Å². The van der Waals surface area contributed by atoms with Gasteiger partial charge in [0.05, 0.1) is 13.2 Å². The molecule has 2 aliphatic rings. The van der Waals surface area contributed by atoms with Crippen LogP contribution in [0.1, 0.15) is 47.5 Å². The normalized spacial score (nSPS) is 19.4. The maximum absolute atomic E-state index is 13.0. The molecule has 4 heterocycles. The molecule has 2 aromatic rings. The zero-order valence-electron chi connectivity index (χ0n) is 18.9. The maximum atomic E-state index is 13.0. The number of aromatic nitrogens is 3. The van der Waals surface area contributed by atoms with Gasteiger partial charge in [-0.05, 0) is 51.8 Å². The number of ether oxygens (including phenoxy) is 1. The van der Waals surface area contributed by atoms with Gasteiger partial charge in [-0.15, -0.1) is 0 Å². The van der Waals surface area contributed by atoms with E-state index in [0.717, 1.165) is 43.9 Å². The lowest BCUT2D eigenvalue weighted by molar-refractivity contribution is 0.0922. The predicted octanol–water partition coefficient (Wildman–Crippen LogP) is 1.18. The molecule has 10 nitrogen and oxygen atoms in total. The van der Waals surface area contributed by atoms with E-state index in [1.165, 1.54) is 23.6 Å². The summed E-state index contributed by atoms with van der Waals surface area (Å²) in [4.78, 5) is 29.5. The first-order valence-electron chi connectivity index (χ1n) is 11.4. The van der Waals surface area contributed by atoms with Gasteiger partial charge in [0.15, 0.2) is 5.69 Å². The van der Waals surface area contributed by atoms with Gasteiger partial charge >= 0.3 is 0 Å². The third kappa shape index (κ3) is 5.18. The number of carbonyl (C=O) groups is 1. The van der Waals surface area contributed by atoms with Crippen molar-refractivity contribution < 1.29 is 14.1 Å². The summed E-state index contributed by atoms with van der Waals surface area (Å²) in [7, 11) is 1.60. The fraction of sp³-hybridized carbons (Fsp3) is 0.636. The molecule has 10 heteroatoms. The first-order valence-corrected chi connectivity index (χ1v) is 11.4. The van der Waals surface area contributed by atoms with Crippen molar-refractivity contribution >= 4 is 11.7 Å². The van der Waals surface area contributed by atoms with E-state index in [-0.39, 0.29) is 17.5 Å². The molecule has 174 valence electrons. The van der Waals surface area contributed by atoms with Crippen LogP contribution in [0.15, 0.2) is 21.5 Å². The van der Waals surface area contributed by atoms with E-state index in [1.54, 1.807) is 13.2 Å². The van der Waals surface area contributed by atoms with E-state index in [4.69, 9.17) is 9.26 Å². The van der Waals surface area contributed by atoms with Gasteiger partial charge in [-0.3, -0.25) is 14.5 Å². The lowest BCUT2D eigenvalue weighted by atomic mass is 10.0. The molecule has 1 N–H and O–H groups in total. The third-order valence-corrected chi connectivity index (χ3v) is 6.22. The Labute approximate surface area is 187 Å². The monoisotopic (exact) mass is 444 g/mol. The van der Waals surface area contributed by atoms with Gasteiger partial charge in [-0.2, -0.15) is 5.10 Å². The maximum Gasteiger partial charge on any atom is 0.274 e. The summed E-state index contributed by atoms with van der Waals surface area (Å²) in [5.74, 6) is 1.24. The smallest absolute Gasteiger partial charge is 0.274 e. The minimum atomic E-state index is -0.194. The molecule has 0 bridgehead atoms. The van der Waals surface area contributed by atoms with Gasteiger partial charge in [0.25, 0.3) is 11.5 Å². The van der Waals surface area contributed by atoms with Crippen molar-refractivity contribution in [1.82, 2.24) is 25.2 Å². The van der Waals surface area contributed by atoms with Crippen LogP contribution in [0, 0.1) is 6.92 Å². The van der Waals surface area contributed by atoms with Crippen LogP contribution in [0.25, 0.3) is 0 Å². The lowest BCUT2D eigenvalue weighted by Gasteiger charge is -2.33. The number of aryl methyl sites for hydroxylation is 1. The van der Waals surface area contributed by atoms with Crippen molar-refractivity contribution in [3.63, 3.8) is 0 Å². The molecule has 0 aromatic carbocycles. The predicted molar refractivity (Wildman–Crippen MR) is 119 cm³/mol. The number of anilines is 1. The van der Waals surface area contributed by atoms with Crippen molar-refractivity contribution in [2.45, 2.75) is 51.7 Å². The molecule has 4 rings (SSSR count). The molecular weight excluding hydrogens is 412 g/mol. The molecule has 1 amide bonds. The Morgan fingerprint density at radius 3 is 2.84 bits per heavy atom. The van der Waals surface area contributed by atoms with Crippen LogP contribution in [-0.2, 0) is 17.8 Å².